The number of para-hydroxylation sites is 2. The van der Waals surface area contributed by atoms with E-state index in [1.54, 1.807) is 24.3 Å². The van der Waals surface area contributed by atoms with Crippen molar-refractivity contribution < 1.29 is 9.90 Å². The zero-order chi connectivity index (χ0) is 14.8. The second kappa shape index (κ2) is 5.29. The standard InChI is InChI=1S/C18H15NO2/c1-12-18(14-7-3-4-8-15(14)19-12)17(21)11-10-13-6-2-5-9-16(13)20/h2-11,19-20H,1H3. The van der Waals surface area contributed by atoms with E-state index in [9.17, 15) is 9.90 Å². The summed E-state index contributed by atoms with van der Waals surface area (Å²) in [6.45, 7) is 1.89. The molecule has 21 heavy (non-hydrogen) atoms. The van der Waals surface area contributed by atoms with E-state index in [2.05, 4.69) is 4.98 Å². The molecule has 0 radical (unpaired) electrons. The second-order valence-electron chi connectivity index (χ2n) is 4.93. The minimum atomic E-state index is -0.0757. The molecule has 0 spiro atoms. The fraction of sp³-hybridized carbons (Fsp3) is 0.0556. The van der Waals surface area contributed by atoms with Gasteiger partial charge in [0.05, 0.1) is 5.56 Å². The van der Waals surface area contributed by atoms with Gasteiger partial charge in [-0.25, -0.2) is 0 Å². The van der Waals surface area contributed by atoms with Crippen molar-refractivity contribution in [1.29, 1.82) is 0 Å². The molecule has 0 aliphatic heterocycles. The predicted molar refractivity (Wildman–Crippen MR) is 84.5 cm³/mol. The van der Waals surface area contributed by atoms with E-state index in [0.717, 1.165) is 16.6 Å². The summed E-state index contributed by atoms with van der Waals surface area (Å²) >= 11 is 0. The van der Waals surface area contributed by atoms with Gasteiger partial charge in [0.1, 0.15) is 5.75 Å². The van der Waals surface area contributed by atoms with Crippen LogP contribution in [0, 0.1) is 6.92 Å². The first-order valence-corrected chi connectivity index (χ1v) is 6.74. The van der Waals surface area contributed by atoms with Crippen molar-refractivity contribution in [3.05, 3.63) is 71.4 Å². The Labute approximate surface area is 122 Å². The normalized spacial score (nSPS) is 11.3. The number of H-pyrrole nitrogens is 1. The average Bonchev–Trinajstić information content (AvgIpc) is 2.82. The summed E-state index contributed by atoms with van der Waals surface area (Å²) in [7, 11) is 0. The number of nitrogens with one attached hydrogen (secondary N) is 1. The Morgan fingerprint density at radius 1 is 1.10 bits per heavy atom. The lowest BCUT2D eigenvalue weighted by Gasteiger charge is -1.98. The van der Waals surface area contributed by atoms with Crippen LogP contribution in [0.25, 0.3) is 17.0 Å². The molecule has 0 saturated heterocycles. The lowest BCUT2D eigenvalue weighted by atomic mass is 10.1. The van der Waals surface area contributed by atoms with Crippen molar-refractivity contribution in [2.75, 3.05) is 0 Å². The maximum Gasteiger partial charge on any atom is 0.188 e. The quantitative estimate of drug-likeness (QED) is 0.560. The molecule has 2 N–H and O–H groups in total. The van der Waals surface area contributed by atoms with E-state index in [1.165, 1.54) is 6.08 Å². The molecule has 1 aromatic heterocycles. The molecule has 3 aromatic rings. The zero-order valence-corrected chi connectivity index (χ0v) is 11.6. The summed E-state index contributed by atoms with van der Waals surface area (Å²) in [6, 6.07) is 14.7. The molecule has 0 atom stereocenters. The molecule has 0 aliphatic rings. The molecule has 0 bridgehead atoms. The minimum Gasteiger partial charge on any atom is -0.507 e. The molecule has 0 amide bonds. The van der Waals surface area contributed by atoms with E-state index in [1.807, 2.05) is 37.3 Å². The Hall–Kier alpha value is -2.81. The number of ketones is 1. The van der Waals surface area contributed by atoms with Crippen LogP contribution in [0.4, 0.5) is 0 Å². The maximum absolute atomic E-state index is 12.4. The van der Waals surface area contributed by atoms with Gasteiger partial charge in [-0.2, -0.15) is 0 Å². The number of carbonyl (C=O) groups is 1. The molecule has 0 unspecified atom stereocenters. The van der Waals surface area contributed by atoms with Crippen LogP contribution in [0.15, 0.2) is 54.6 Å². The number of aromatic nitrogens is 1. The number of aromatic amines is 1. The van der Waals surface area contributed by atoms with Crippen molar-refractivity contribution in [3.63, 3.8) is 0 Å². The Balaban J connectivity index is 1.98. The molecular weight excluding hydrogens is 262 g/mol. The van der Waals surface area contributed by atoms with Crippen LogP contribution in [0.1, 0.15) is 21.6 Å². The number of benzene rings is 2. The first-order chi connectivity index (χ1) is 10.2. The van der Waals surface area contributed by atoms with Crippen LogP contribution in [-0.4, -0.2) is 15.9 Å². The third-order valence-electron chi connectivity index (χ3n) is 3.49. The Morgan fingerprint density at radius 3 is 2.62 bits per heavy atom. The van der Waals surface area contributed by atoms with Gasteiger partial charge in [-0.3, -0.25) is 4.79 Å². The molecule has 0 saturated carbocycles. The maximum atomic E-state index is 12.4. The minimum absolute atomic E-state index is 0.0757. The van der Waals surface area contributed by atoms with Gasteiger partial charge in [0.2, 0.25) is 0 Å². The van der Waals surface area contributed by atoms with Crippen molar-refractivity contribution in [2.45, 2.75) is 6.92 Å². The van der Waals surface area contributed by atoms with Gasteiger partial charge in [0.25, 0.3) is 0 Å². The molecule has 104 valence electrons. The third-order valence-corrected chi connectivity index (χ3v) is 3.49. The van der Waals surface area contributed by atoms with Crippen molar-refractivity contribution in [1.82, 2.24) is 4.98 Å². The number of aryl methyl sites for hydroxylation is 1. The number of carbonyl (C=O) groups excluding carboxylic acids is 1. The topological polar surface area (TPSA) is 53.1 Å². The van der Waals surface area contributed by atoms with Crippen LogP contribution in [-0.2, 0) is 0 Å². The molecule has 0 fully saturated rings. The zero-order valence-electron chi connectivity index (χ0n) is 11.6. The largest absolute Gasteiger partial charge is 0.507 e. The highest BCUT2D eigenvalue weighted by Crippen LogP contribution is 2.23. The van der Waals surface area contributed by atoms with Crippen LogP contribution < -0.4 is 0 Å². The monoisotopic (exact) mass is 277 g/mol. The van der Waals surface area contributed by atoms with Gasteiger partial charge in [0.15, 0.2) is 5.78 Å². The van der Waals surface area contributed by atoms with Crippen LogP contribution in [0.3, 0.4) is 0 Å². The highest BCUT2D eigenvalue weighted by molar-refractivity contribution is 6.15. The smallest absolute Gasteiger partial charge is 0.188 e. The van der Waals surface area contributed by atoms with Crippen LogP contribution >= 0.6 is 0 Å². The fourth-order valence-corrected chi connectivity index (χ4v) is 2.47. The first-order valence-electron chi connectivity index (χ1n) is 6.74. The van der Waals surface area contributed by atoms with E-state index in [0.29, 0.717) is 11.1 Å². The van der Waals surface area contributed by atoms with Crippen molar-refractivity contribution in [3.8, 4) is 5.75 Å². The number of hydrogen-bond donors (Lipinski definition) is 2. The molecule has 3 rings (SSSR count). The van der Waals surface area contributed by atoms with Crippen LogP contribution in [0.2, 0.25) is 0 Å². The van der Waals surface area contributed by atoms with Gasteiger partial charge in [-0.15, -0.1) is 0 Å². The van der Waals surface area contributed by atoms with Gasteiger partial charge in [0, 0.05) is 22.2 Å². The summed E-state index contributed by atoms with van der Waals surface area (Å²) in [4.78, 5) is 15.7. The second-order valence-corrected chi connectivity index (χ2v) is 4.93. The number of phenolic OH excluding ortho intramolecular Hbond substituents is 1. The number of phenols is 1. The van der Waals surface area contributed by atoms with E-state index in [-0.39, 0.29) is 11.5 Å². The van der Waals surface area contributed by atoms with Gasteiger partial charge in [-0.1, -0.05) is 36.4 Å². The van der Waals surface area contributed by atoms with E-state index >= 15 is 0 Å². The van der Waals surface area contributed by atoms with Gasteiger partial charge >= 0.3 is 0 Å². The molecule has 3 nitrogen and oxygen atoms in total. The summed E-state index contributed by atoms with van der Waals surface area (Å²) in [6.07, 6.45) is 3.14. The lowest BCUT2D eigenvalue weighted by Crippen LogP contribution is -1.95. The Morgan fingerprint density at radius 2 is 1.81 bits per heavy atom. The molecular formula is C18H15NO2. The predicted octanol–water partition coefficient (Wildman–Crippen LogP) is 4.08. The van der Waals surface area contributed by atoms with Crippen molar-refractivity contribution >= 4 is 22.8 Å². The molecule has 0 aliphatic carbocycles. The summed E-state index contributed by atoms with van der Waals surface area (Å²) in [5.74, 6) is 0.0883. The highest BCUT2D eigenvalue weighted by Gasteiger charge is 2.13. The average molecular weight is 277 g/mol. The number of rotatable bonds is 3. The number of aromatic hydroxyl groups is 1. The molecule has 2 aromatic carbocycles. The first kappa shape index (κ1) is 13.2. The third kappa shape index (κ3) is 2.46. The fourth-order valence-electron chi connectivity index (χ4n) is 2.47. The number of hydrogen-bond acceptors (Lipinski definition) is 2. The lowest BCUT2D eigenvalue weighted by molar-refractivity contribution is 0.104. The summed E-state index contributed by atoms with van der Waals surface area (Å²) in [5.41, 5.74) is 3.11. The Bertz CT molecular complexity index is 843. The van der Waals surface area contributed by atoms with Gasteiger partial charge in [-0.05, 0) is 31.2 Å². The SMILES string of the molecule is Cc1[nH]c2ccccc2c1C(=O)C=Cc1ccccc1O. The Kier molecular flexibility index (Phi) is 3.32. The molecule has 3 heteroatoms. The molecule has 1 heterocycles. The number of allylic oxidation sites excluding steroid dienone is 1. The van der Waals surface area contributed by atoms with E-state index < -0.39 is 0 Å². The summed E-state index contributed by atoms with van der Waals surface area (Å²) < 4.78 is 0. The highest BCUT2D eigenvalue weighted by atomic mass is 16.3. The number of fused-ring (bicyclic) bond motifs is 1. The van der Waals surface area contributed by atoms with Gasteiger partial charge < -0.3 is 10.1 Å². The van der Waals surface area contributed by atoms with E-state index in [4.69, 9.17) is 0 Å². The van der Waals surface area contributed by atoms with Crippen molar-refractivity contribution in [2.24, 2.45) is 0 Å². The summed E-state index contributed by atoms with van der Waals surface area (Å²) in [5, 5.41) is 10.6. The van der Waals surface area contributed by atoms with Crippen LogP contribution in [0.5, 0.6) is 5.75 Å².